The fourth-order valence-corrected chi connectivity index (χ4v) is 3.68. The van der Waals surface area contributed by atoms with Crippen LogP contribution in [0.1, 0.15) is 28.6 Å². The van der Waals surface area contributed by atoms with Crippen molar-refractivity contribution in [3.63, 3.8) is 0 Å². The summed E-state index contributed by atoms with van der Waals surface area (Å²) in [4.78, 5) is 17.2. The van der Waals surface area contributed by atoms with Gasteiger partial charge < -0.3 is 25.8 Å². The maximum atomic E-state index is 13.9. The summed E-state index contributed by atoms with van der Waals surface area (Å²) in [6, 6.07) is 11.5. The molecule has 0 radical (unpaired) electrons. The number of carbonyl (C=O) groups excluding carboxylic acids is 1. The van der Waals surface area contributed by atoms with Crippen LogP contribution < -0.4 is 25.8 Å². The standard InChI is InChI=1S/C22H25FN4O3S/c1-3-25-11-4-12-30-16-8-6-15(7-9-16)26-22-27-21(24)20(31-22)19(28)14-5-10-18(29-2)17(23)13-14/h5-10,13,25H,3-4,11-12,24H2,1-2H3,(H,26,27). The molecule has 0 aliphatic rings. The molecule has 0 unspecified atom stereocenters. The third-order valence-electron chi connectivity index (χ3n) is 4.40. The number of benzene rings is 2. The number of aromatic nitrogens is 1. The number of ether oxygens (including phenoxy) is 2. The molecule has 9 heteroatoms. The first-order chi connectivity index (χ1) is 15.0. The van der Waals surface area contributed by atoms with Gasteiger partial charge in [-0.3, -0.25) is 4.79 Å². The second-order valence-corrected chi connectivity index (χ2v) is 7.62. The molecule has 0 spiro atoms. The van der Waals surface area contributed by atoms with E-state index in [-0.39, 0.29) is 22.0 Å². The van der Waals surface area contributed by atoms with E-state index in [1.54, 1.807) is 0 Å². The molecule has 3 aromatic rings. The van der Waals surface area contributed by atoms with E-state index < -0.39 is 11.6 Å². The molecule has 0 bridgehead atoms. The second-order valence-electron chi connectivity index (χ2n) is 6.62. The fourth-order valence-electron chi connectivity index (χ4n) is 2.81. The SMILES string of the molecule is CCNCCCOc1ccc(Nc2nc(N)c(C(=O)c3ccc(OC)c(F)c3)s2)cc1. The summed E-state index contributed by atoms with van der Waals surface area (Å²) in [6.07, 6.45) is 0.932. The molecule has 0 fully saturated rings. The van der Waals surface area contributed by atoms with Crippen LogP contribution in [0.15, 0.2) is 42.5 Å². The molecule has 0 atom stereocenters. The van der Waals surface area contributed by atoms with Gasteiger partial charge in [0.25, 0.3) is 0 Å². The predicted octanol–water partition coefficient (Wildman–Crippen LogP) is 4.23. The van der Waals surface area contributed by atoms with E-state index in [0.717, 1.165) is 48.4 Å². The van der Waals surface area contributed by atoms with Crippen molar-refractivity contribution in [2.45, 2.75) is 13.3 Å². The Hall–Kier alpha value is -3.17. The Morgan fingerprint density at radius 2 is 2.00 bits per heavy atom. The van der Waals surface area contributed by atoms with Crippen molar-refractivity contribution in [1.29, 1.82) is 0 Å². The van der Waals surface area contributed by atoms with Crippen LogP contribution in [0, 0.1) is 5.82 Å². The van der Waals surface area contributed by atoms with Crippen LogP contribution in [0.25, 0.3) is 0 Å². The van der Waals surface area contributed by atoms with Crippen molar-refractivity contribution in [2.75, 3.05) is 37.9 Å². The summed E-state index contributed by atoms with van der Waals surface area (Å²) >= 11 is 1.11. The number of ketones is 1. The lowest BCUT2D eigenvalue weighted by Gasteiger charge is -2.08. The van der Waals surface area contributed by atoms with Crippen molar-refractivity contribution in [2.24, 2.45) is 0 Å². The van der Waals surface area contributed by atoms with E-state index in [0.29, 0.717) is 11.7 Å². The van der Waals surface area contributed by atoms with Crippen LogP contribution in [0.5, 0.6) is 11.5 Å². The van der Waals surface area contributed by atoms with Crippen LogP contribution in [-0.4, -0.2) is 37.6 Å². The van der Waals surface area contributed by atoms with Crippen LogP contribution in [0.3, 0.4) is 0 Å². The Bertz CT molecular complexity index is 1020. The van der Waals surface area contributed by atoms with E-state index >= 15 is 0 Å². The van der Waals surface area contributed by atoms with Crippen LogP contribution in [-0.2, 0) is 0 Å². The van der Waals surface area contributed by atoms with Crippen LogP contribution in [0.2, 0.25) is 0 Å². The first kappa shape index (κ1) is 22.5. The summed E-state index contributed by atoms with van der Waals surface area (Å²) < 4.78 is 24.5. The molecule has 0 saturated heterocycles. The van der Waals surface area contributed by atoms with E-state index in [1.165, 1.54) is 19.2 Å². The Kier molecular flexibility index (Phi) is 7.80. The second kappa shape index (κ2) is 10.7. The Balaban J connectivity index is 1.63. The van der Waals surface area contributed by atoms with Gasteiger partial charge in [-0.15, -0.1) is 0 Å². The molecule has 31 heavy (non-hydrogen) atoms. The third-order valence-corrected chi connectivity index (χ3v) is 5.38. The maximum Gasteiger partial charge on any atom is 0.206 e. The minimum absolute atomic E-state index is 0.0706. The van der Waals surface area contributed by atoms with Gasteiger partial charge >= 0.3 is 0 Å². The average Bonchev–Trinajstić information content (AvgIpc) is 3.14. The first-order valence-corrected chi connectivity index (χ1v) is 10.7. The van der Waals surface area contributed by atoms with E-state index in [9.17, 15) is 9.18 Å². The third kappa shape index (κ3) is 5.93. The number of methoxy groups -OCH3 is 1. The average molecular weight is 445 g/mol. The molecule has 2 aromatic carbocycles. The highest BCUT2D eigenvalue weighted by Gasteiger charge is 2.19. The summed E-state index contributed by atoms with van der Waals surface area (Å²) in [6.45, 7) is 4.58. The van der Waals surface area contributed by atoms with Crippen molar-refractivity contribution >= 4 is 33.8 Å². The first-order valence-electron chi connectivity index (χ1n) is 9.87. The van der Waals surface area contributed by atoms with Crippen molar-refractivity contribution in [3.05, 3.63) is 58.7 Å². The molecule has 0 aliphatic heterocycles. The molecule has 0 saturated carbocycles. The number of thiazole rings is 1. The highest BCUT2D eigenvalue weighted by molar-refractivity contribution is 7.18. The summed E-state index contributed by atoms with van der Waals surface area (Å²) in [5.41, 5.74) is 6.89. The van der Waals surface area contributed by atoms with Crippen LogP contribution in [0.4, 0.5) is 21.0 Å². The quantitative estimate of drug-likeness (QED) is 0.301. The Morgan fingerprint density at radius 3 is 2.68 bits per heavy atom. The van der Waals surface area contributed by atoms with Gasteiger partial charge in [0.05, 0.1) is 13.7 Å². The maximum absolute atomic E-state index is 13.9. The minimum atomic E-state index is -0.612. The molecule has 1 heterocycles. The number of nitrogens with two attached hydrogens (primary N) is 1. The van der Waals surface area contributed by atoms with Crippen LogP contribution >= 0.6 is 11.3 Å². The highest BCUT2D eigenvalue weighted by atomic mass is 32.1. The highest BCUT2D eigenvalue weighted by Crippen LogP contribution is 2.31. The monoisotopic (exact) mass is 444 g/mol. The number of carbonyl (C=O) groups is 1. The number of hydrogen-bond acceptors (Lipinski definition) is 8. The zero-order chi connectivity index (χ0) is 22.2. The van der Waals surface area contributed by atoms with Gasteiger partial charge in [-0.1, -0.05) is 18.3 Å². The minimum Gasteiger partial charge on any atom is -0.494 e. The van der Waals surface area contributed by atoms with Crippen molar-refractivity contribution in [1.82, 2.24) is 10.3 Å². The molecular formula is C22H25FN4O3S. The molecule has 0 aliphatic carbocycles. The zero-order valence-electron chi connectivity index (χ0n) is 17.4. The Labute approximate surface area is 184 Å². The smallest absolute Gasteiger partial charge is 0.206 e. The number of nitrogens with one attached hydrogen (secondary N) is 2. The fraction of sp³-hybridized carbons (Fsp3) is 0.273. The molecule has 4 N–H and O–H groups in total. The lowest BCUT2D eigenvalue weighted by Crippen LogP contribution is -2.16. The molecule has 0 amide bonds. The molecule has 164 valence electrons. The number of anilines is 3. The van der Waals surface area contributed by atoms with Gasteiger partial charge in [0.1, 0.15) is 16.4 Å². The zero-order valence-corrected chi connectivity index (χ0v) is 18.2. The summed E-state index contributed by atoms with van der Waals surface area (Å²) in [5, 5.41) is 6.84. The van der Waals surface area contributed by atoms with Gasteiger partial charge in [-0.25, -0.2) is 9.37 Å². The van der Waals surface area contributed by atoms with Crippen molar-refractivity contribution < 1.29 is 18.7 Å². The molecular weight excluding hydrogens is 419 g/mol. The molecule has 1 aromatic heterocycles. The molecule has 7 nitrogen and oxygen atoms in total. The number of nitrogen functional groups attached to an aromatic ring is 1. The number of rotatable bonds is 11. The largest absolute Gasteiger partial charge is 0.494 e. The van der Waals surface area contributed by atoms with Crippen molar-refractivity contribution in [3.8, 4) is 11.5 Å². The normalized spacial score (nSPS) is 10.7. The summed E-state index contributed by atoms with van der Waals surface area (Å²) in [5.74, 6) is -0.0710. The van der Waals surface area contributed by atoms with E-state index in [1.807, 2.05) is 24.3 Å². The van der Waals surface area contributed by atoms with Gasteiger partial charge in [0.15, 0.2) is 16.7 Å². The number of nitrogens with zero attached hydrogens (tertiary/aromatic N) is 1. The van der Waals surface area contributed by atoms with Gasteiger partial charge in [0.2, 0.25) is 5.78 Å². The number of halogens is 1. The topological polar surface area (TPSA) is 98.5 Å². The van der Waals surface area contributed by atoms with E-state index in [2.05, 4.69) is 22.5 Å². The van der Waals surface area contributed by atoms with E-state index in [4.69, 9.17) is 15.2 Å². The lowest BCUT2D eigenvalue weighted by atomic mass is 10.1. The molecule has 3 rings (SSSR count). The van der Waals surface area contributed by atoms with Gasteiger partial charge in [0, 0.05) is 11.3 Å². The summed E-state index contributed by atoms with van der Waals surface area (Å²) in [7, 11) is 1.36. The Morgan fingerprint density at radius 1 is 1.23 bits per heavy atom. The van der Waals surface area contributed by atoms with Gasteiger partial charge in [-0.2, -0.15) is 0 Å². The number of hydrogen-bond donors (Lipinski definition) is 3. The lowest BCUT2D eigenvalue weighted by molar-refractivity contribution is 0.104. The predicted molar refractivity (Wildman–Crippen MR) is 121 cm³/mol. The van der Waals surface area contributed by atoms with Gasteiger partial charge in [-0.05, 0) is 62.0 Å².